The van der Waals surface area contributed by atoms with E-state index in [1.54, 1.807) is 18.2 Å². The van der Waals surface area contributed by atoms with E-state index in [-0.39, 0.29) is 12.5 Å². The molecule has 0 spiro atoms. The molecule has 0 bridgehead atoms. The Morgan fingerprint density at radius 3 is 2.34 bits per heavy atom. The number of carbonyl (C=O) groups excluding carboxylic acids is 1. The van der Waals surface area contributed by atoms with E-state index in [2.05, 4.69) is 15.6 Å². The van der Waals surface area contributed by atoms with Crippen LogP contribution in [0.4, 0.5) is 11.6 Å². The predicted octanol–water partition coefficient (Wildman–Crippen LogP) is 5.59. The number of fused-ring (bicyclic) bond motifs is 1. The van der Waals surface area contributed by atoms with Crippen LogP contribution in [0.25, 0.3) is 11.0 Å². The number of hydrogen-bond acceptors (Lipinski definition) is 3. The minimum atomic E-state index is -0.245. The Morgan fingerprint density at radius 1 is 0.897 bits per heavy atom. The van der Waals surface area contributed by atoms with Crippen LogP contribution in [0.5, 0.6) is 0 Å². The van der Waals surface area contributed by atoms with E-state index >= 15 is 0 Å². The summed E-state index contributed by atoms with van der Waals surface area (Å²) in [6.07, 6.45) is 0. The number of rotatable bonds is 6. The Balaban J connectivity index is 1.59. The smallest absolute Gasteiger partial charge is 0.244 e. The Labute approximate surface area is 178 Å². The highest BCUT2D eigenvalue weighted by atomic mass is 35.5. The zero-order valence-corrected chi connectivity index (χ0v) is 16.9. The molecule has 0 aliphatic heterocycles. The van der Waals surface area contributed by atoms with E-state index < -0.39 is 0 Å². The average Bonchev–Trinajstić information content (AvgIpc) is 3.07. The molecule has 29 heavy (non-hydrogen) atoms. The first-order chi connectivity index (χ1) is 14.1. The monoisotopic (exact) mass is 424 g/mol. The molecule has 146 valence electrons. The summed E-state index contributed by atoms with van der Waals surface area (Å²) in [7, 11) is 0. The number of imidazole rings is 1. The third-order valence-electron chi connectivity index (χ3n) is 4.48. The molecule has 0 fully saturated rings. The summed E-state index contributed by atoms with van der Waals surface area (Å²) in [6, 6.07) is 22.8. The average molecular weight is 425 g/mol. The summed E-state index contributed by atoms with van der Waals surface area (Å²) in [4.78, 5) is 17.4. The summed E-state index contributed by atoms with van der Waals surface area (Å²) in [5.41, 5.74) is 3.21. The van der Waals surface area contributed by atoms with E-state index in [1.165, 1.54) is 0 Å². The maximum atomic E-state index is 12.7. The molecular weight excluding hydrogens is 407 g/mol. The number of anilines is 2. The summed E-state index contributed by atoms with van der Waals surface area (Å²) in [6.45, 7) is 0.668. The number of aromatic nitrogens is 2. The third-order valence-corrected chi connectivity index (χ3v) is 5.11. The summed E-state index contributed by atoms with van der Waals surface area (Å²) in [5.74, 6) is 0.376. The van der Waals surface area contributed by atoms with Crippen molar-refractivity contribution in [3.8, 4) is 0 Å². The summed E-state index contributed by atoms with van der Waals surface area (Å²) >= 11 is 12.3. The van der Waals surface area contributed by atoms with Crippen molar-refractivity contribution >= 4 is 51.8 Å². The molecule has 0 saturated heterocycles. The Hall–Kier alpha value is -3.02. The molecule has 4 aromatic rings. The van der Waals surface area contributed by atoms with Crippen LogP contribution in [0, 0.1) is 0 Å². The SMILES string of the molecule is O=C(Cn1c(NCc2ccccc2)nc2ccccc21)Nc1c(Cl)cccc1Cl. The molecule has 1 heterocycles. The van der Waals surface area contributed by atoms with Gasteiger partial charge in [0.25, 0.3) is 0 Å². The Morgan fingerprint density at radius 2 is 1.59 bits per heavy atom. The molecule has 7 heteroatoms. The van der Waals surface area contributed by atoms with E-state index in [1.807, 2.05) is 59.2 Å². The van der Waals surface area contributed by atoms with Gasteiger partial charge in [-0.3, -0.25) is 4.79 Å². The van der Waals surface area contributed by atoms with Crippen LogP contribution < -0.4 is 10.6 Å². The highest BCUT2D eigenvalue weighted by Crippen LogP contribution is 2.30. The number of amides is 1. The van der Waals surface area contributed by atoms with E-state index in [0.717, 1.165) is 16.6 Å². The predicted molar refractivity (Wildman–Crippen MR) is 119 cm³/mol. The number of para-hydroxylation sites is 3. The highest BCUT2D eigenvalue weighted by molar-refractivity contribution is 6.39. The standard InChI is InChI=1S/C22H18Cl2N4O/c23-16-9-6-10-17(24)21(16)27-20(29)14-28-19-12-5-4-11-18(19)26-22(28)25-13-15-7-2-1-3-8-15/h1-12H,13-14H2,(H,25,26)(H,27,29). The number of carbonyl (C=O) groups is 1. The molecule has 1 amide bonds. The first-order valence-electron chi connectivity index (χ1n) is 9.09. The number of benzene rings is 3. The Kier molecular flexibility index (Phi) is 5.69. The summed E-state index contributed by atoms with van der Waals surface area (Å²) < 4.78 is 1.85. The fraction of sp³-hybridized carbons (Fsp3) is 0.0909. The normalized spacial score (nSPS) is 10.8. The van der Waals surface area contributed by atoms with Gasteiger partial charge in [0.05, 0.1) is 26.8 Å². The zero-order chi connectivity index (χ0) is 20.2. The number of nitrogens with zero attached hydrogens (tertiary/aromatic N) is 2. The van der Waals surface area contributed by atoms with Crippen molar-refractivity contribution in [1.29, 1.82) is 0 Å². The van der Waals surface area contributed by atoms with E-state index in [4.69, 9.17) is 23.2 Å². The quantitative estimate of drug-likeness (QED) is 0.423. The molecule has 0 saturated carbocycles. The fourth-order valence-electron chi connectivity index (χ4n) is 3.09. The molecule has 4 rings (SSSR count). The molecule has 0 atom stereocenters. The zero-order valence-electron chi connectivity index (χ0n) is 15.4. The van der Waals surface area contributed by atoms with Gasteiger partial charge in [0.15, 0.2) is 0 Å². The first kappa shape index (κ1) is 19.3. The highest BCUT2D eigenvalue weighted by Gasteiger charge is 2.15. The third kappa shape index (κ3) is 4.36. The second kappa shape index (κ2) is 8.55. The first-order valence-corrected chi connectivity index (χ1v) is 9.84. The van der Waals surface area contributed by atoms with Gasteiger partial charge < -0.3 is 15.2 Å². The van der Waals surface area contributed by atoms with Gasteiger partial charge in [-0.2, -0.15) is 0 Å². The maximum Gasteiger partial charge on any atom is 0.244 e. The van der Waals surface area contributed by atoms with Crippen LogP contribution in [0.2, 0.25) is 10.0 Å². The van der Waals surface area contributed by atoms with Crippen LogP contribution >= 0.6 is 23.2 Å². The van der Waals surface area contributed by atoms with Crippen LogP contribution in [0.15, 0.2) is 72.8 Å². The van der Waals surface area contributed by atoms with Gasteiger partial charge in [0.2, 0.25) is 11.9 Å². The largest absolute Gasteiger partial charge is 0.352 e. The van der Waals surface area contributed by atoms with Crippen LogP contribution in [-0.2, 0) is 17.9 Å². The minimum absolute atomic E-state index is 0.0686. The van der Waals surface area contributed by atoms with E-state index in [9.17, 15) is 4.79 Å². The lowest BCUT2D eigenvalue weighted by molar-refractivity contribution is -0.116. The lowest BCUT2D eigenvalue weighted by Gasteiger charge is -2.13. The van der Waals surface area contributed by atoms with Gasteiger partial charge >= 0.3 is 0 Å². The molecule has 0 aliphatic rings. The van der Waals surface area contributed by atoms with Crippen molar-refractivity contribution < 1.29 is 4.79 Å². The van der Waals surface area contributed by atoms with Crippen LogP contribution in [-0.4, -0.2) is 15.5 Å². The van der Waals surface area contributed by atoms with Crippen LogP contribution in [0.3, 0.4) is 0 Å². The Bertz CT molecular complexity index is 1140. The van der Waals surface area contributed by atoms with Gasteiger partial charge in [-0.05, 0) is 29.8 Å². The van der Waals surface area contributed by atoms with Crippen molar-refractivity contribution in [1.82, 2.24) is 9.55 Å². The molecule has 1 aromatic heterocycles. The second-order valence-corrected chi connectivity index (χ2v) is 7.31. The van der Waals surface area contributed by atoms with Gasteiger partial charge in [-0.25, -0.2) is 4.98 Å². The van der Waals surface area contributed by atoms with Gasteiger partial charge in [0, 0.05) is 6.54 Å². The van der Waals surface area contributed by atoms with Gasteiger partial charge in [-0.1, -0.05) is 71.7 Å². The van der Waals surface area contributed by atoms with Crippen molar-refractivity contribution in [3.05, 3.63) is 88.4 Å². The lowest BCUT2D eigenvalue weighted by Crippen LogP contribution is -2.20. The maximum absolute atomic E-state index is 12.7. The number of hydrogen-bond donors (Lipinski definition) is 2. The summed E-state index contributed by atoms with van der Waals surface area (Å²) in [5, 5.41) is 6.92. The van der Waals surface area contributed by atoms with E-state index in [0.29, 0.717) is 28.2 Å². The van der Waals surface area contributed by atoms with Crippen molar-refractivity contribution in [3.63, 3.8) is 0 Å². The lowest BCUT2D eigenvalue weighted by atomic mass is 10.2. The molecule has 2 N–H and O–H groups in total. The molecule has 0 unspecified atom stereocenters. The minimum Gasteiger partial charge on any atom is -0.352 e. The van der Waals surface area contributed by atoms with Gasteiger partial charge in [-0.15, -0.1) is 0 Å². The van der Waals surface area contributed by atoms with Crippen molar-refractivity contribution in [2.45, 2.75) is 13.1 Å². The van der Waals surface area contributed by atoms with Crippen molar-refractivity contribution in [2.75, 3.05) is 10.6 Å². The number of halogens is 2. The van der Waals surface area contributed by atoms with Crippen LogP contribution in [0.1, 0.15) is 5.56 Å². The molecule has 0 aliphatic carbocycles. The fourth-order valence-corrected chi connectivity index (χ4v) is 3.58. The molecule has 5 nitrogen and oxygen atoms in total. The number of nitrogens with one attached hydrogen (secondary N) is 2. The van der Waals surface area contributed by atoms with Crippen molar-refractivity contribution in [2.24, 2.45) is 0 Å². The molecular formula is C22H18Cl2N4O. The van der Waals surface area contributed by atoms with Gasteiger partial charge in [0.1, 0.15) is 6.54 Å². The second-order valence-electron chi connectivity index (χ2n) is 6.49. The topological polar surface area (TPSA) is 59.0 Å². The molecule has 0 radical (unpaired) electrons. The molecule has 3 aromatic carbocycles.